The van der Waals surface area contributed by atoms with Gasteiger partial charge in [0.05, 0.1) is 5.56 Å². The van der Waals surface area contributed by atoms with E-state index in [1.807, 2.05) is 6.92 Å². The molecule has 1 aromatic rings. The van der Waals surface area contributed by atoms with Gasteiger partial charge in [-0.3, -0.25) is 4.79 Å². The van der Waals surface area contributed by atoms with Gasteiger partial charge in [-0.15, -0.1) is 0 Å². The first-order valence-electron chi connectivity index (χ1n) is 5.28. The molecule has 0 saturated heterocycles. The fraction of sp³-hybridized carbons (Fsp3) is 0.545. The molecule has 1 fully saturated rings. The van der Waals surface area contributed by atoms with Gasteiger partial charge in [-0.05, 0) is 32.3 Å². The quantitative estimate of drug-likeness (QED) is 0.767. The second-order valence-corrected chi connectivity index (χ2v) is 4.12. The van der Waals surface area contributed by atoms with Crippen molar-refractivity contribution in [1.29, 1.82) is 0 Å². The summed E-state index contributed by atoms with van der Waals surface area (Å²) in [4.78, 5) is 11.7. The lowest BCUT2D eigenvalue weighted by Crippen LogP contribution is -2.43. The molecule has 0 spiro atoms. The zero-order valence-electron chi connectivity index (χ0n) is 8.82. The molecule has 2 unspecified atom stereocenters. The van der Waals surface area contributed by atoms with E-state index in [1.165, 1.54) is 6.26 Å². The van der Waals surface area contributed by atoms with Gasteiger partial charge in [0.15, 0.2) is 0 Å². The zero-order chi connectivity index (χ0) is 10.8. The number of furan rings is 1. The van der Waals surface area contributed by atoms with Crippen molar-refractivity contribution in [2.45, 2.75) is 38.3 Å². The molecule has 0 bridgehead atoms. The van der Waals surface area contributed by atoms with Crippen molar-refractivity contribution in [2.75, 3.05) is 0 Å². The lowest BCUT2D eigenvalue weighted by molar-refractivity contribution is 0.0934. The summed E-state index contributed by atoms with van der Waals surface area (Å²) in [5, 5.41) is 2.93. The minimum Gasteiger partial charge on any atom is -0.469 e. The molecular weight excluding hydrogens is 192 g/mol. The van der Waals surface area contributed by atoms with Crippen molar-refractivity contribution in [3.05, 3.63) is 23.7 Å². The van der Waals surface area contributed by atoms with Crippen LogP contribution in [0.5, 0.6) is 0 Å². The predicted octanol–water partition coefficient (Wildman–Crippen LogP) is 1.20. The Kier molecular flexibility index (Phi) is 2.77. The van der Waals surface area contributed by atoms with Gasteiger partial charge in [-0.2, -0.15) is 0 Å². The second-order valence-electron chi connectivity index (χ2n) is 4.12. The van der Waals surface area contributed by atoms with E-state index in [-0.39, 0.29) is 18.0 Å². The Hall–Kier alpha value is -1.29. The average molecular weight is 208 g/mol. The van der Waals surface area contributed by atoms with Crippen molar-refractivity contribution in [3.63, 3.8) is 0 Å². The van der Waals surface area contributed by atoms with Gasteiger partial charge < -0.3 is 15.5 Å². The SMILES string of the molecule is Cc1cc(C(=O)NC2CCCC2N)co1. The number of hydrogen-bond acceptors (Lipinski definition) is 3. The number of carbonyl (C=O) groups is 1. The predicted molar refractivity (Wildman–Crippen MR) is 56.5 cm³/mol. The maximum Gasteiger partial charge on any atom is 0.254 e. The van der Waals surface area contributed by atoms with E-state index in [9.17, 15) is 4.79 Å². The van der Waals surface area contributed by atoms with Gasteiger partial charge in [-0.1, -0.05) is 0 Å². The molecule has 4 nitrogen and oxygen atoms in total. The molecule has 1 saturated carbocycles. The fourth-order valence-electron chi connectivity index (χ4n) is 1.98. The lowest BCUT2D eigenvalue weighted by Gasteiger charge is -2.16. The highest BCUT2D eigenvalue weighted by Crippen LogP contribution is 2.17. The largest absolute Gasteiger partial charge is 0.469 e. The number of carbonyl (C=O) groups excluding carboxylic acids is 1. The fourth-order valence-corrected chi connectivity index (χ4v) is 1.98. The highest BCUT2D eigenvalue weighted by Gasteiger charge is 2.25. The van der Waals surface area contributed by atoms with Crippen LogP contribution < -0.4 is 11.1 Å². The molecule has 0 aromatic carbocycles. The van der Waals surface area contributed by atoms with Crippen molar-refractivity contribution in [3.8, 4) is 0 Å². The van der Waals surface area contributed by atoms with Crippen LogP contribution in [0.25, 0.3) is 0 Å². The van der Waals surface area contributed by atoms with Crippen LogP contribution >= 0.6 is 0 Å². The van der Waals surface area contributed by atoms with Crippen molar-refractivity contribution in [1.82, 2.24) is 5.32 Å². The van der Waals surface area contributed by atoms with Gasteiger partial charge in [0.1, 0.15) is 12.0 Å². The van der Waals surface area contributed by atoms with Crippen LogP contribution in [0.3, 0.4) is 0 Å². The number of rotatable bonds is 2. The summed E-state index contributed by atoms with van der Waals surface area (Å²) < 4.78 is 5.08. The van der Waals surface area contributed by atoms with Crippen LogP contribution in [0.15, 0.2) is 16.7 Å². The van der Waals surface area contributed by atoms with Crippen LogP contribution in [0, 0.1) is 6.92 Å². The first kappa shape index (κ1) is 10.2. The van der Waals surface area contributed by atoms with E-state index >= 15 is 0 Å². The smallest absolute Gasteiger partial charge is 0.254 e. The van der Waals surface area contributed by atoms with Crippen molar-refractivity contribution < 1.29 is 9.21 Å². The van der Waals surface area contributed by atoms with Crippen LogP contribution in [0.1, 0.15) is 35.4 Å². The van der Waals surface area contributed by atoms with Gasteiger partial charge in [0.25, 0.3) is 5.91 Å². The Labute approximate surface area is 88.8 Å². The number of amides is 1. The molecule has 1 amide bonds. The summed E-state index contributed by atoms with van der Waals surface area (Å²) in [6.45, 7) is 1.82. The van der Waals surface area contributed by atoms with Crippen LogP contribution in [0.2, 0.25) is 0 Å². The molecule has 1 aromatic heterocycles. The number of nitrogens with one attached hydrogen (secondary N) is 1. The maximum atomic E-state index is 11.7. The molecule has 2 rings (SSSR count). The first-order chi connectivity index (χ1) is 7.16. The Morgan fingerprint density at radius 1 is 1.60 bits per heavy atom. The third kappa shape index (κ3) is 2.21. The first-order valence-corrected chi connectivity index (χ1v) is 5.28. The topological polar surface area (TPSA) is 68.3 Å². The standard InChI is InChI=1S/C11H16N2O2/c1-7-5-8(6-15-7)11(14)13-10-4-2-3-9(10)12/h5-6,9-10H,2-4,12H2,1H3,(H,13,14). The number of aryl methyl sites for hydroxylation is 1. The van der Waals surface area contributed by atoms with Gasteiger partial charge in [-0.25, -0.2) is 0 Å². The third-order valence-electron chi connectivity index (χ3n) is 2.88. The van der Waals surface area contributed by atoms with Gasteiger partial charge in [0.2, 0.25) is 0 Å². The minimum absolute atomic E-state index is 0.0887. The Morgan fingerprint density at radius 3 is 2.93 bits per heavy atom. The van der Waals surface area contributed by atoms with Crippen molar-refractivity contribution >= 4 is 5.91 Å². The van der Waals surface area contributed by atoms with Gasteiger partial charge >= 0.3 is 0 Å². The minimum atomic E-state index is -0.0887. The maximum absolute atomic E-state index is 11.7. The summed E-state index contributed by atoms with van der Waals surface area (Å²) >= 11 is 0. The molecule has 4 heteroatoms. The normalized spacial score (nSPS) is 25.5. The highest BCUT2D eigenvalue weighted by molar-refractivity contribution is 5.94. The van der Waals surface area contributed by atoms with E-state index in [1.54, 1.807) is 6.07 Å². The van der Waals surface area contributed by atoms with Gasteiger partial charge in [0, 0.05) is 12.1 Å². The zero-order valence-corrected chi connectivity index (χ0v) is 8.82. The van der Waals surface area contributed by atoms with E-state index < -0.39 is 0 Å². The molecule has 2 atom stereocenters. The Morgan fingerprint density at radius 2 is 2.40 bits per heavy atom. The summed E-state index contributed by atoms with van der Waals surface area (Å²) in [6.07, 6.45) is 4.54. The molecule has 1 aliphatic rings. The monoisotopic (exact) mass is 208 g/mol. The second kappa shape index (κ2) is 4.06. The molecule has 0 radical (unpaired) electrons. The van der Waals surface area contributed by atoms with Crippen LogP contribution in [0.4, 0.5) is 0 Å². The summed E-state index contributed by atoms with van der Waals surface area (Å²) in [5.41, 5.74) is 6.45. The van der Waals surface area contributed by atoms with E-state index in [0.29, 0.717) is 5.56 Å². The Balaban J connectivity index is 1.97. The molecule has 3 N–H and O–H groups in total. The number of hydrogen-bond donors (Lipinski definition) is 2. The van der Waals surface area contributed by atoms with E-state index in [2.05, 4.69) is 5.32 Å². The van der Waals surface area contributed by atoms with Crippen LogP contribution in [-0.4, -0.2) is 18.0 Å². The Bertz CT molecular complexity index is 359. The lowest BCUT2D eigenvalue weighted by atomic mass is 10.1. The van der Waals surface area contributed by atoms with Crippen molar-refractivity contribution in [2.24, 2.45) is 5.73 Å². The average Bonchev–Trinajstić information content (AvgIpc) is 2.77. The number of nitrogens with two attached hydrogens (primary N) is 1. The third-order valence-corrected chi connectivity index (χ3v) is 2.88. The molecular formula is C11H16N2O2. The highest BCUT2D eigenvalue weighted by atomic mass is 16.3. The molecule has 82 valence electrons. The molecule has 1 aliphatic carbocycles. The van der Waals surface area contributed by atoms with Crippen LogP contribution in [-0.2, 0) is 0 Å². The molecule has 1 heterocycles. The summed E-state index contributed by atoms with van der Waals surface area (Å²) in [6, 6.07) is 1.95. The van der Waals surface area contributed by atoms with E-state index in [4.69, 9.17) is 10.2 Å². The summed E-state index contributed by atoms with van der Waals surface area (Å²) in [7, 11) is 0. The summed E-state index contributed by atoms with van der Waals surface area (Å²) in [5.74, 6) is 0.657. The van der Waals surface area contributed by atoms with E-state index in [0.717, 1.165) is 25.0 Å². The molecule has 15 heavy (non-hydrogen) atoms. The molecule has 0 aliphatic heterocycles.